The first-order valence-corrected chi connectivity index (χ1v) is 10.7. The Kier molecular flexibility index (Phi) is 21.5. The fourth-order valence-corrected chi connectivity index (χ4v) is 3.70. The molecule has 0 aliphatic heterocycles. The van der Waals surface area contributed by atoms with Gasteiger partial charge in [0.2, 0.25) is 0 Å². The van der Waals surface area contributed by atoms with E-state index in [4.69, 9.17) is 0 Å². The van der Waals surface area contributed by atoms with Gasteiger partial charge in [-0.15, -0.1) is 0 Å². The fourth-order valence-electron chi connectivity index (χ4n) is 3.70. The van der Waals surface area contributed by atoms with Crippen LogP contribution >= 0.6 is 0 Å². The minimum absolute atomic E-state index is 0. The molecule has 0 aromatic rings. The lowest BCUT2D eigenvalue weighted by Gasteiger charge is -2.39. The molecule has 0 aromatic heterocycles. The molecule has 24 heavy (non-hydrogen) atoms. The maximum atomic E-state index is 9.35. The molecule has 0 aliphatic rings. The summed E-state index contributed by atoms with van der Waals surface area (Å²) in [5, 5.41) is 9.35. The summed E-state index contributed by atoms with van der Waals surface area (Å²) >= 11 is 0. The van der Waals surface area contributed by atoms with Crippen molar-refractivity contribution in [3.05, 3.63) is 0 Å². The fraction of sp³-hybridized carbons (Fsp3) is 1.00. The molecule has 2 nitrogen and oxygen atoms in total. The Hall–Kier alpha value is 0.210. The van der Waals surface area contributed by atoms with Crippen LogP contribution in [0.5, 0.6) is 0 Å². The van der Waals surface area contributed by atoms with Gasteiger partial charge in [0, 0.05) is 13.0 Å². The number of nitrogens with zero attached hydrogens (tertiary/aromatic N) is 1. The van der Waals surface area contributed by atoms with E-state index in [2.05, 4.69) is 20.8 Å². The van der Waals surface area contributed by atoms with Gasteiger partial charge in [-0.25, -0.2) is 0 Å². The molecule has 0 heterocycles. The molecular weight excluding hydrogens is 318 g/mol. The summed E-state index contributed by atoms with van der Waals surface area (Å²) in [4.78, 5) is 0. The summed E-state index contributed by atoms with van der Waals surface area (Å²) in [6, 6.07) is 0. The predicted molar refractivity (Wildman–Crippen MR) is 104 cm³/mol. The zero-order valence-electron chi connectivity index (χ0n) is 17.0. The van der Waals surface area contributed by atoms with E-state index in [1.165, 1.54) is 108 Å². The van der Waals surface area contributed by atoms with Crippen molar-refractivity contribution >= 4 is 0 Å². The molecule has 0 saturated carbocycles. The Morgan fingerprint density at radius 2 is 0.833 bits per heavy atom. The minimum atomic E-state index is 0. The van der Waals surface area contributed by atoms with Crippen LogP contribution in [0.2, 0.25) is 0 Å². The van der Waals surface area contributed by atoms with Crippen LogP contribution in [-0.4, -0.2) is 42.4 Å². The average Bonchev–Trinajstić information content (AvgIpc) is 2.57. The first-order chi connectivity index (χ1) is 11.2. The average molecular weight is 364 g/mol. The van der Waals surface area contributed by atoms with E-state index in [9.17, 15) is 5.11 Å². The van der Waals surface area contributed by atoms with E-state index >= 15 is 0 Å². The lowest BCUT2D eigenvalue weighted by Crippen LogP contribution is -3.00. The van der Waals surface area contributed by atoms with Crippen molar-refractivity contribution in [2.24, 2.45) is 0 Å². The molecule has 0 fully saturated rings. The van der Waals surface area contributed by atoms with Gasteiger partial charge in [-0.2, -0.15) is 0 Å². The van der Waals surface area contributed by atoms with Gasteiger partial charge >= 0.3 is 0 Å². The van der Waals surface area contributed by atoms with Crippen LogP contribution in [0.1, 0.15) is 104 Å². The SMILES string of the molecule is CCCCCC[N+](CCCO)(CCCCCC)CCCCCC.[Cl-]. The van der Waals surface area contributed by atoms with E-state index < -0.39 is 0 Å². The smallest absolute Gasteiger partial charge is 0.0808 e. The molecular formula is C21H46ClNO. The van der Waals surface area contributed by atoms with Crippen LogP contribution in [0.3, 0.4) is 0 Å². The van der Waals surface area contributed by atoms with Crippen LogP contribution in [0.4, 0.5) is 0 Å². The quantitative estimate of drug-likeness (QED) is 0.293. The lowest BCUT2D eigenvalue weighted by molar-refractivity contribution is -0.929. The van der Waals surface area contributed by atoms with Gasteiger partial charge in [-0.3, -0.25) is 0 Å². The molecule has 0 saturated heterocycles. The molecule has 0 rings (SSSR count). The number of quaternary nitrogens is 1. The summed E-state index contributed by atoms with van der Waals surface area (Å²) in [7, 11) is 0. The van der Waals surface area contributed by atoms with Crippen molar-refractivity contribution in [2.45, 2.75) is 104 Å². The van der Waals surface area contributed by atoms with Crippen molar-refractivity contribution in [3.8, 4) is 0 Å². The first-order valence-electron chi connectivity index (χ1n) is 10.7. The summed E-state index contributed by atoms with van der Waals surface area (Å²) < 4.78 is 1.29. The first kappa shape index (κ1) is 26.4. The predicted octanol–water partition coefficient (Wildman–Crippen LogP) is 2.93. The maximum Gasteiger partial charge on any atom is 0.0808 e. The molecule has 3 heteroatoms. The van der Waals surface area contributed by atoms with Crippen LogP contribution in [0.25, 0.3) is 0 Å². The summed E-state index contributed by atoms with van der Waals surface area (Å²) in [5.41, 5.74) is 0. The maximum absolute atomic E-state index is 9.35. The number of unbranched alkanes of at least 4 members (excludes halogenated alkanes) is 9. The van der Waals surface area contributed by atoms with E-state index in [1.54, 1.807) is 0 Å². The van der Waals surface area contributed by atoms with Gasteiger partial charge in [0.05, 0.1) is 26.2 Å². The van der Waals surface area contributed by atoms with Crippen molar-refractivity contribution in [1.82, 2.24) is 0 Å². The molecule has 1 N–H and O–H groups in total. The zero-order valence-corrected chi connectivity index (χ0v) is 17.8. The molecule has 0 bridgehead atoms. The van der Waals surface area contributed by atoms with Gasteiger partial charge in [0.1, 0.15) is 0 Å². The number of aliphatic hydroxyl groups is 1. The van der Waals surface area contributed by atoms with Crippen molar-refractivity contribution in [3.63, 3.8) is 0 Å². The normalized spacial score (nSPS) is 11.5. The highest BCUT2D eigenvalue weighted by atomic mass is 35.5. The third kappa shape index (κ3) is 14.5. The topological polar surface area (TPSA) is 20.2 Å². The molecule has 0 aliphatic carbocycles. The van der Waals surface area contributed by atoms with E-state index in [0.29, 0.717) is 6.61 Å². The molecule has 0 atom stereocenters. The summed E-state index contributed by atoms with van der Waals surface area (Å²) in [6.45, 7) is 12.5. The van der Waals surface area contributed by atoms with Gasteiger partial charge in [0.25, 0.3) is 0 Å². The number of hydrogen-bond donors (Lipinski definition) is 1. The Balaban J connectivity index is 0. The zero-order chi connectivity index (χ0) is 17.2. The van der Waals surface area contributed by atoms with Gasteiger partial charge in [-0.1, -0.05) is 59.3 Å². The van der Waals surface area contributed by atoms with Gasteiger partial charge in [0.15, 0.2) is 0 Å². The Morgan fingerprint density at radius 3 is 1.12 bits per heavy atom. The highest BCUT2D eigenvalue weighted by Crippen LogP contribution is 2.18. The summed E-state index contributed by atoms with van der Waals surface area (Å²) in [6.07, 6.45) is 17.4. The Labute approximate surface area is 159 Å². The second-order valence-electron chi connectivity index (χ2n) is 7.50. The highest BCUT2D eigenvalue weighted by molar-refractivity contribution is 4.52. The summed E-state index contributed by atoms with van der Waals surface area (Å²) in [5.74, 6) is 0. The van der Waals surface area contributed by atoms with E-state index in [0.717, 1.165) is 6.42 Å². The lowest BCUT2D eigenvalue weighted by atomic mass is 10.1. The minimum Gasteiger partial charge on any atom is -1.00 e. The molecule has 0 aromatic carbocycles. The van der Waals surface area contributed by atoms with Crippen LogP contribution < -0.4 is 12.4 Å². The molecule has 0 spiro atoms. The molecule has 0 unspecified atom stereocenters. The van der Waals surface area contributed by atoms with E-state index in [-0.39, 0.29) is 12.4 Å². The second kappa shape index (κ2) is 19.5. The number of hydrogen-bond acceptors (Lipinski definition) is 1. The molecule has 0 radical (unpaired) electrons. The van der Waals surface area contributed by atoms with Gasteiger partial charge in [-0.05, 0) is 38.5 Å². The molecule has 148 valence electrons. The highest BCUT2D eigenvalue weighted by Gasteiger charge is 2.25. The number of halogens is 1. The van der Waals surface area contributed by atoms with Crippen molar-refractivity contribution < 1.29 is 22.0 Å². The second-order valence-corrected chi connectivity index (χ2v) is 7.50. The standard InChI is InChI=1S/C21H46NO.ClH/c1-4-7-10-13-17-22(20-16-21-23,18-14-11-8-5-2)19-15-12-9-6-3;/h23H,4-21H2,1-3H3;1H/q+1;/p-1. The third-order valence-electron chi connectivity index (χ3n) is 5.25. The van der Waals surface area contributed by atoms with Crippen LogP contribution in [0.15, 0.2) is 0 Å². The monoisotopic (exact) mass is 363 g/mol. The van der Waals surface area contributed by atoms with E-state index in [1.807, 2.05) is 0 Å². The van der Waals surface area contributed by atoms with Crippen LogP contribution in [0, 0.1) is 0 Å². The van der Waals surface area contributed by atoms with Crippen molar-refractivity contribution in [1.29, 1.82) is 0 Å². The Morgan fingerprint density at radius 1 is 0.500 bits per heavy atom. The van der Waals surface area contributed by atoms with Crippen LogP contribution in [-0.2, 0) is 0 Å². The van der Waals surface area contributed by atoms with Gasteiger partial charge < -0.3 is 22.0 Å². The Bertz CT molecular complexity index is 205. The largest absolute Gasteiger partial charge is 1.00 e. The third-order valence-corrected chi connectivity index (χ3v) is 5.25. The number of rotatable bonds is 18. The number of aliphatic hydroxyl groups excluding tert-OH is 1. The van der Waals surface area contributed by atoms with Crippen molar-refractivity contribution in [2.75, 3.05) is 32.8 Å². The molecule has 0 amide bonds.